The zero-order valence-electron chi connectivity index (χ0n) is 16.6. The molecule has 154 valence electrons. The maximum Gasteiger partial charge on any atom is 0.274 e. The van der Waals surface area contributed by atoms with E-state index >= 15 is 0 Å². The fraction of sp³-hybridized carbons (Fsp3) is 0.182. The number of aryl methyl sites for hydroxylation is 1. The maximum absolute atomic E-state index is 13.2. The van der Waals surface area contributed by atoms with Crippen molar-refractivity contribution < 1.29 is 17.6 Å². The molecule has 0 saturated heterocycles. The van der Waals surface area contributed by atoms with Crippen LogP contribution in [0.4, 0.5) is 5.69 Å². The van der Waals surface area contributed by atoms with Gasteiger partial charge in [0.15, 0.2) is 0 Å². The van der Waals surface area contributed by atoms with E-state index in [-0.39, 0.29) is 11.9 Å². The van der Waals surface area contributed by atoms with Crippen LogP contribution in [0, 0.1) is 6.92 Å². The molecule has 0 unspecified atom stereocenters. The minimum atomic E-state index is -3.35. The summed E-state index contributed by atoms with van der Waals surface area (Å²) in [5, 5.41) is 6.06. The summed E-state index contributed by atoms with van der Waals surface area (Å²) in [6, 6.07) is 17.5. The Balaban J connectivity index is 1.65. The lowest BCUT2D eigenvalue weighted by Gasteiger charge is -2.20. The number of carbonyl (C=O) groups excluding carboxylic acids is 1. The van der Waals surface area contributed by atoms with Crippen molar-refractivity contribution in [2.45, 2.75) is 19.4 Å². The molecule has 7 nitrogen and oxygen atoms in total. The number of anilines is 1. The molecule has 0 aliphatic carbocycles. The van der Waals surface area contributed by atoms with Crippen LogP contribution in [-0.2, 0) is 10.0 Å². The van der Waals surface area contributed by atoms with Crippen LogP contribution in [0.1, 0.15) is 39.7 Å². The molecule has 4 rings (SSSR count). The molecule has 0 bridgehead atoms. The first-order valence-corrected chi connectivity index (χ1v) is 11.3. The third kappa shape index (κ3) is 4.28. The fourth-order valence-electron chi connectivity index (χ4n) is 3.35. The molecule has 0 radical (unpaired) electrons. The van der Waals surface area contributed by atoms with Crippen LogP contribution in [0.3, 0.4) is 0 Å². The quantitative estimate of drug-likeness (QED) is 0.673. The zero-order valence-corrected chi connectivity index (χ0v) is 17.4. The van der Waals surface area contributed by atoms with Crippen molar-refractivity contribution in [2.75, 3.05) is 11.0 Å². The summed E-state index contributed by atoms with van der Waals surface area (Å²) in [4.78, 5) is 13.2. The standard InChI is InChI=1S/C22H21N3O4S/c1-15-5-7-17(8-6-15)22(26)25-20(21-4-3-13-29-21)14-19(23-25)16-9-11-18(12-10-16)24-30(2,27)28/h3-13,20,24H,14H2,1-2H3/t20-/m0/s1. The van der Waals surface area contributed by atoms with Crippen molar-refractivity contribution in [1.29, 1.82) is 0 Å². The molecule has 0 spiro atoms. The van der Waals surface area contributed by atoms with E-state index in [1.807, 2.05) is 25.1 Å². The number of hydrogen-bond acceptors (Lipinski definition) is 5. The number of hydrogen-bond donors (Lipinski definition) is 1. The van der Waals surface area contributed by atoms with Crippen LogP contribution in [0.25, 0.3) is 0 Å². The molecular formula is C22H21N3O4S. The number of furan rings is 1. The largest absolute Gasteiger partial charge is 0.467 e. The van der Waals surface area contributed by atoms with E-state index in [1.54, 1.807) is 48.7 Å². The molecule has 0 saturated carbocycles. The van der Waals surface area contributed by atoms with Gasteiger partial charge in [-0.1, -0.05) is 29.8 Å². The lowest BCUT2D eigenvalue weighted by atomic mass is 10.0. The molecule has 1 aliphatic heterocycles. The van der Waals surface area contributed by atoms with E-state index in [0.29, 0.717) is 23.4 Å². The van der Waals surface area contributed by atoms with Crippen LogP contribution >= 0.6 is 0 Å². The van der Waals surface area contributed by atoms with Gasteiger partial charge < -0.3 is 4.42 Å². The van der Waals surface area contributed by atoms with E-state index in [4.69, 9.17) is 4.42 Å². The zero-order chi connectivity index (χ0) is 21.3. The van der Waals surface area contributed by atoms with Gasteiger partial charge >= 0.3 is 0 Å². The maximum atomic E-state index is 13.2. The van der Waals surface area contributed by atoms with Gasteiger partial charge in [-0.3, -0.25) is 9.52 Å². The normalized spacial score (nSPS) is 16.4. The predicted octanol–water partition coefficient (Wildman–Crippen LogP) is 3.95. The molecular weight excluding hydrogens is 402 g/mol. The van der Waals surface area contributed by atoms with Crippen molar-refractivity contribution in [3.8, 4) is 0 Å². The molecule has 1 aliphatic rings. The molecule has 8 heteroatoms. The molecule has 1 aromatic heterocycles. The monoisotopic (exact) mass is 423 g/mol. The average molecular weight is 423 g/mol. The fourth-order valence-corrected chi connectivity index (χ4v) is 3.91. The van der Waals surface area contributed by atoms with E-state index < -0.39 is 10.0 Å². The Bertz CT molecular complexity index is 1180. The molecule has 30 heavy (non-hydrogen) atoms. The van der Waals surface area contributed by atoms with Gasteiger partial charge in [-0.2, -0.15) is 5.10 Å². The topological polar surface area (TPSA) is 92.0 Å². The van der Waals surface area contributed by atoms with Gasteiger partial charge in [0, 0.05) is 17.7 Å². The summed E-state index contributed by atoms with van der Waals surface area (Å²) in [7, 11) is -3.35. The highest BCUT2D eigenvalue weighted by Crippen LogP contribution is 2.34. The lowest BCUT2D eigenvalue weighted by molar-refractivity contribution is 0.0693. The summed E-state index contributed by atoms with van der Waals surface area (Å²) >= 11 is 0. The van der Waals surface area contributed by atoms with Crippen LogP contribution in [0.15, 0.2) is 76.4 Å². The first-order valence-electron chi connectivity index (χ1n) is 9.39. The van der Waals surface area contributed by atoms with E-state index in [9.17, 15) is 13.2 Å². The Kier molecular flexibility index (Phi) is 5.17. The van der Waals surface area contributed by atoms with E-state index in [2.05, 4.69) is 9.82 Å². The minimum absolute atomic E-state index is 0.207. The van der Waals surface area contributed by atoms with Gasteiger partial charge in [0.05, 0.1) is 18.2 Å². The predicted molar refractivity (Wildman–Crippen MR) is 115 cm³/mol. The highest BCUT2D eigenvalue weighted by molar-refractivity contribution is 7.92. The second-order valence-corrected chi connectivity index (χ2v) is 9.00. The van der Waals surface area contributed by atoms with Crippen molar-refractivity contribution in [2.24, 2.45) is 5.10 Å². The van der Waals surface area contributed by atoms with Crippen LogP contribution in [0.2, 0.25) is 0 Å². The number of nitrogens with one attached hydrogen (secondary N) is 1. The molecule has 0 fully saturated rings. The van der Waals surface area contributed by atoms with Gasteiger partial charge in [-0.05, 0) is 48.9 Å². The van der Waals surface area contributed by atoms with Crippen molar-refractivity contribution in [3.63, 3.8) is 0 Å². The van der Waals surface area contributed by atoms with Crippen molar-refractivity contribution >= 4 is 27.3 Å². The molecule has 1 atom stereocenters. The van der Waals surface area contributed by atoms with Crippen LogP contribution in [0.5, 0.6) is 0 Å². The first kappa shape index (κ1) is 19.9. The van der Waals surface area contributed by atoms with Gasteiger partial charge in [0.2, 0.25) is 10.0 Å². The third-order valence-electron chi connectivity index (χ3n) is 4.81. The molecule has 2 aromatic carbocycles. The van der Waals surface area contributed by atoms with E-state index in [0.717, 1.165) is 23.1 Å². The van der Waals surface area contributed by atoms with Gasteiger partial charge in [0.25, 0.3) is 5.91 Å². The first-order chi connectivity index (χ1) is 14.3. The number of sulfonamides is 1. The smallest absolute Gasteiger partial charge is 0.274 e. The highest BCUT2D eigenvalue weighted by atomic mass is 32.2. The highest BCUT2D eigenvalue weighted by Gasteiger charge is 2.35. The Labute approximate surface area is 175 Å². The summed E-state index contributed by atoms with van der Waals surface area (Å²) < 4.78 is 30.8. The van der Waals surface area contributed by atoms with Gasteiger partial charge in [-0.15, -0.1) is 0 Å². The molecule has 3 aromatic rings. The summed E-state index contributed by atoms with van der Waals surface area (Å²) in [6.45, 7) is 1.97. The minimum Gasteiger partial charge on any atom is -0.467 e. The molecule has 2 heterocycles. The number of carbonyl (C=O) groups is 1. The number of hydrazone groups is 1. The Morgan fingerprint density at radius 2 is 1.80 bits per heavy atom. The van der Waals surface area contributed by atoms with Crippen LogP contribution < -0.4 is 4.72 Å². The van der Waals surface area contributed by atoms with Gasteiger partial charge in [0.1, 0.15) is 11.8 Å². The van der Waals surface area contributed by atoms with Gasteiger partial charge in [-0.25, -0.2) is 13.4 Å². The SMILES string of the molecule is Cc1ccc(C(=O)N2N=C(c3ccc(NS(C)(=O)=O)cc3)C[C@H]2c2ccco2)cc1. The second-order valence-electron chi connectivity index (χ2n) is 7.25. The number of benzene rings is 2. The van der Waals surface area contributed by atoms with E-state index in [1.165, 1.54) is 5.01 Å². The Hall–Kier alpha value is -3.39. The third-order valence-corrected chi connectivity index (χ3v) is 5.42. The van der Waals surface area contributed by atoms with Crippen LogP contribution in [-0.4, -0.2) is 31.3 Å². The number of rotatable bonds is 5. The second kappa shape index (κ2) is 7.79. The Morgan fingerprint density at radius 3 is 2.40 bits per heavy atom. The summed E-state index contributed by atoms with van der Waals surface area (Å²) in [5.41, 5.74) is 3.62. The summed E-state index contributed by atoms with van der Waals surface area (Å²) in [5.74, 6) is 0.450. The molecule has 1 amide bonds. The average Bonchev–Trinajstić information content (AvgIpc) is 3.37. The lowest BCUT2D eigenvalue weighted by Crippen LogP contribution is -2.26. The van der Waals surface area contributed by atoms with Crippen molar-refractivity contribution in [3.05, 3.63) is 89.4 Å². The molecule has 1 N–H and O–H groups in total. The summed E-state index contributed by atoms with van der Waals surface area (Å²) in [6.07, 6.45) is 3.17. The number of amides is 1. The Morgan fingerprint density at radius 1 is 1.10 bits per heavy atom. The number of nitrogens with zero attached hydrogens (tertiary/aromatic N) is 2. The van der Waals surface area contributed by atoms with Crippen molar-refractivity contribution in [1.82, 2.24) is 5.01 Å².